The number of carbonyl (C=O) groups is 2. The first kappa shape index (κ1) is 25.6. The molecule has 6 atom stereocenters. The molecule has 1 fully saturated rings. The van der Waals surface area contributed by atoms with Crippen LogP contribution in [0.1, 0.15) is 24.0 Å². The molecule has 1 unspecified atom stereocenters. The van der Waals surface area contributed by atoms with Gasteiger partial charge in [-0.3, -0.25) is 4.79 Å². The molecule has 0 aromatic heterocycles. The Morgan fingerprint density at radius 2 is 1.61 bits per heavy atom. The van der Waals surface area contributed by atoms with Crippen molar-refractivity contribution >= 4 is 22.7 Å². The number of ether oxygens (including phenoxy) is 4. The van der Waals surface area contributed by atoms with Gasteiger partial charge in [0.2, 0.25) is 6.29 Å². The second-order valence-corrected chi connectivity index (χ2v) is 8.62. The molecular formula is C27H28O9. The Labute approximate surface area is 207 Å². The number of esters is 2. The predicted octanol–water partition coefficient (Wildman–Crippen LogP) is 2.05. The third-order valence-corrected chi connectivity index (χ3v) is 6.18. The summed E-state index contributed by atoms with van der Waals surface area (Å²) in [5, 5.41) is 32.7. The average Bonchev–Trinajstić information content (AvgIpc) is 2.91. The fourth-order valence-electron chi connectivity index (χ4n) is 3.94. The van der Waals surface area contributed by atoms with Crippen LogP contribution in [0, 0.1) is 0 Å². The number of fused-ring (bicyclic) bond motifs is 1. The summed E-state index contributed by atoms with van der Waals surface area (Å²) >= 11 is 0. The Kier molecular flexibility index (Phi) is 7.85. The third-order valence-electron chi connectivity index (χ3n) is 6.18. The lowest BCUT2D eigenvalue weighted by Crippen LogP contribution is -2.61. The van der Waals surface area contributed by atoms with E-state index in [1.54, 1.807) is 44.4 Å². The summed E-state index contributed by atoms with van der Waals surface area (Å²) < 4.78 is 21.1. The monoisotopic (exact) mass is 496 g/mol. The summed E-state index contributed by atoms with van der Waals surface area (Å²) in [4.78, 5) is 25.4. The topological polar surface area (TPSA) is 132 Å². The van der Waals surface area contributed by atoms with Gasteiger partial charge in [-0.25, -0.2) is 4.79 Å². The van der Waals surface area contributed by atoms with Crippen molar-refractivity contribution in [3.05, 3.63) is 77.9 Å². The van der Waals surface area contributed by atoms with Crippen LogP contribution >= 0.6 is 0 Å². The zero-order chi connectivity index (χ0) is 25.8. The maximum absolute atomic E-state index is 12.9. The minimum absolute atomic E-state index is 0.0831. The molecule has 3 aromatic carbocycles. The second kappa shape index (κ2) is 11.0. The van der Waals surface area contributed by atoms with Gasteiger partial charge in [-0.2, -0.15) is 0 Å². The van der Waals surface area contributed by atoms with Crippen LogP contribution in [0.3, 0.4) is 0 Å². The maximum atomic E-state index is 12.9. The highest BCUT2D eigenvalue weighted by Gasteiger charge is 2.49. The molecule has 0 spiro atoms. The number of benzene rings is 3. The summed E-state index contributed by atoms with van der Waals surface area (Å²) in [6.07, 6.45) is -8.67. The number of methoxy groups -OCH3 is 1. The third kappa shape index (κ3) is 5.50. The highest BCUT2D eigenvalue weighted by molar-refractivity contribution is 5.87. The van der Waals surface area contributed by atoms with E-state index in [2.05, 4.69) is 0 Å². The molecule has 36 heavy (non-hydrogen) atoms. The minimum atomic E-state index is -1.79. The van der Waals surface area contributed by atoms with E-state index in [0.29, 0.717) is 16.9 Å². The van der Waals surface area contributed by atoms with Gasteiger partial charge in [0.05, 0.1) is 13.0 Å². The average molecular weight is 497 g/mol. The SMILES string of the molecule is COc1ccc2cc([C@H](C)C(=O)O[C@H]3OC(C(=O)OCc4ccccc4)[C@H](O)[C@@H](O)[C@H]3O)ccc2c1. The van der Waals surface area contributed by atoms with Crippen molar-refractivity contribution in [2.75, 3.05) is 7.11 Å². The lowest BCUT2D eigenvalue weighted by molar-refractivity contribution is -0.288. The first-order valence-electron chi connectivity index (χ1n) is 11.5. The van der Waals surface area contributed by atoms with Crippen molar-refractivity contribution in [2.24, 2.45) is 0 Å². The van der Waals surface area contributed by atoms with Gasteiger partial charge in [0.1, 0.15) is 30.7 Å². The van der Waals surface area contributed by atoms with Crippen molar-refractivity contribution in [1.82, 2.24) is 0 Å². The van der Waals surface area contributed by atoms with E-state index in [0.717, 1.165) is 10.8 Å². The van der Waals surface area contributed by atoms with E-state index in [9.17, 15) is 24.9 Å². The van der Waals surface area contributed by atoms with Crippen molar-refractivity contribution in [3.8, 4) is 5.75 Å². The van der Waals surface area contributed by atoms with Crippen LogP contribution in [0.2, 0.25) is 0 Å². The molecule has 0 saturated carbocycles. The van der Waals surface area contributed by atoms with Crippen LogP contribution in [-0.4, -0.2) is 65.1 Å². The number of rotatable bonds is 7. The van der Waals surface area contributed by atoms with Crippen LogP contribution in [0.5, 0.6) is 5.75 Å². The summed E-state index contributed by atoms with van der Waals surface area (Å²) in [7, 11) is 1.58. The van der Waals surface area contributed by atoms with E-state index in [1.165, 1.54) is 0 Å². The number of carbonyl (C=O) groups excluding carboxylic acids is 2. The lowest BCUT2D eigenvalue weighted by Gasteiger charge is -2.38. The molecule has 1 aliphatic heterocycles. The molecule has 9 nitrogen and oxygen atoms in total. The summed E-state index contributed by atoms with van der Waals surface area (Å²) in [5.41, 5.74) is 1.37. The van der Waals surface area contributed by atoms with Crippen LogP contribution in [0.4, 0.5) is 0 Å². The Hall–Kier alpha value is -3.50. The highest BCUT2D eigenvalue weighted by Crippen LogP contribution is 2.28. The molecule has 3 N–H and O–H groups in total. The molecule has 0 bridgehead atoms. The fraction of sp³-hybridized carbons (Fsp3) is 0.333. The number of aliphatic hydroxyl groups excluding tert-OH is 3. The molecule has 1 heterocycles. The Bertz CT molecular complexity index is 1210. The predicted molar refractivity (Wildman–Crippen MR) is 128 cm³/mol. The highest BCUT2D eigenvalue weighted by atomic mass is 16.7. The standard InChI is InChI=1S/C27H28O9/c1-15(17-8-9-19-13-20(33-2)11-10-18(19)12-17)25(31)36-27-23(30)21(28)22(29)24(35-27)26(32)34-14-16-6-4-3-5-7-16/h3-13,15,21-24,27-30H,14H2,1-2H3/t15-,21+,22+,23+,24?,27+/m0/s1. The summed E-state index contributed by atoms with van der Waals surface area (Å²) in [6.45, 7) is 1.54. The Morgan fingerprint density at radius 1 is 0.917 bits per heavy atom. The van der Waals surface area contributed by atoms with Crippen LogP contribution in [0.25, 0.3) is 10.8 Å². The van der Waals surface area contributed by atoms with Crippen LogP contribution in [0.15, 0.2) is 66.7 Å². The van der Waals surface area contributed by atoms with Crippen LogP contribution in [-0.2, 0) is 30.4 Å². The van der Waals surface area contributed by atoms with Gasteiger partial charge >= 0.3 is 11.9 Å². The van der Waals surface area contributed by atoms with Gasteiger partial charge in [0.25, 0.3) is 0 Å². The normalized spacial score (nSPS) is 24.6. The largest absolute Gasteiger partial charge is 0.497 e. The molecule has 3 aromatic rings. The van der Waals surface area contributed by atoms with Gasteiger partial charge < -0.3 is 34.3 Å². The first-order valence-corrected chi connectivity index (χ1v) is 11.5. The molecule has 0 aliphatic carbocycles. The molecule has 190 valence electrons. The van der Waals surface area contributed by atoms with Crippen molar-refractivity contribution in [2.45, 2.75) is 50.2 Å². The first-order chi connectivity index (χ1) is 17.3. The van der Waals surface area contributed by atoms with Gasteiger partial charge in [-0.05, 0) is 41.0 Å². The molecule has 0 radical (unpaired) electrons. The van der Waals surface area contributed by atoms with E-state index >= 15 is 0 Å². The van der Waals surface area contributed by atoms with Crippen LogP contribution < -0.4 is 4.74 Å². The minimum Gasteiger partial charge on any atom is -0.497 e. The zero-order valence-corrected chi connectivity index (χ0v) is 19.8. The number of aliphatic hydroxyl groups is 3. The van der Waals surface area contributed by atoms with E-state index in [4.69, 9.17) is 18.9 Å². The van der Waals surface area contributed by atoms with E-state index < -0.39 is 48.6 Å². The summed E-state index contributed by atoms with van der Waals surface area (Å²) in [6, 6.07) is 19.9. The van der Waals surface area contributed by atoms with Gasteiger partial charge in [0.15, 0.2) is 6.10 Å². The second-order valence-electron chi connectivity index (χ2n) is 8.62. The quantitative estimate of drug-likeness (QED) is 0.421. The van der Waals surface area contributed by atoms with Gasteiger partial charge in [-0.15, -0.1) is 0 Å². The molecule has 0 amide bonds. The zero-order valence-electron chi connectivity index (χ0n) is 19.8. The number of hydrogen-bond acceptors (Lipinski definition) is 9. The molecule has 4 rings (SSSR count). The summed E-state index contributed by atoms with van der Waals surface area (Å²) in [5.74, 6) is -1.74. The van der Waals surface area contributed by atoms with Crippen molar-refractivity contribution < 1.29 is 43.9 Å². The maximum Gasteiger partial charge on any atom is 0.338 e. The molecular weight excluding hydrogens is 468 g/mol. The molecule has 1 saturated heterocycles. The van der Waals surface area contributed by atoms with Crippen molar-refractivity contribution in [1.29, 1.82) is 0 Å². The van der Waals surface area contributed by atoms with E-state index in [-0.39, 0.29) is 6.61 Å². The molecule has 9 heteroatoms. The van der Waals surface area contributed by atoms with E-state index in [1.807, 2.05) is 36.4 Å². The van der Waals surface area contributed by atoms with Crippen molar-refractivity contribution in [3.63, 3.8) is 0 Å². The number of hydrogen-bond donors (Lipinski definition) is 3. The van der Waals surface area contributed by atoms with Gasteiger partial charge in [0, 0.05) is 0 Å². The van der Waals surface area contributed by atoms with Gasteiger partial charge in [-0.1, -0.05) is 54.6 Å². The fourth-order valence-corrected chi connectivity index (χ4v) is 3.94. The molecule has 1 aliphatic rings. The Balaban J connectivity index is 1.43. The lowest BCUT2D eigenvalue weighted by atomic mass is 9.97. The Morgan fingerprint density at radius 3 is 2.33 bits per heavy atom. The smallest absolute Gasteiger partial charge is 0.338 e.